The molecule has 3 heteroatoms. The van der Waals surface area contributed by atoms with Gasteiger partial charge in [-0.25, -0.2) is 4.79 Å². The molecular weight excluding hydrogens is 228 g/mol. The number of carbonyl (C=O) groups is 1. The van der Waals surface area contributed by atoms with Gasteiger partial charge >= 0.3 is 5.97 Å². The van der Waals surface area contributed by atoms with E-state index in [0.29, 0.717) is 12.2 Å². The minimum absolute atomic E-state index is 0.0473. The Bertz CT molecular complexity index is 337. The standard InChI is InChI=1S/C15H22O3/c1-10(14(16)17-2)9-18-15-6-11-3-12(7-15)5-13(4-11)8-15/h11-13H,1,3-9H2,2H3. The number of esters is 1. The van der Waals surface area contributed by atoms with Crippen LogP contribution in [0.3, 0.4) is 0 Å². The van der Waals surface area contributed by atoms with E-state index in [4.69, 9.17) is 4.74 Å². The third kappa shape index (κ3) is 2.09. The number of methoxy groups -OCH3 is 1. The van der Waals surface area contributed by atoms with E-state index >= 15 is 0 Å². The zero-order chi connectivity index (χ0) is 12.8. The Morgan fingerprint density at radius 2 is 1.67 bits per heavy atom. The first kappa shape index (κ1) is 12.2. The third-order valence-corrected chi connectivity index (χ3v) is 5.01. The highest BCUT2D eigenvalue weighted by Crippen LogP contribution is 2.57. The van der Waals surface area contributed by atoms with Crippen molar-refractivity contribution in [1.82, 2.24) is 0 Å². The largest absolute Gasteiger partial charge is 0.466 e. The van der Waals surface area contributed by atoms with E-state index in [0.717, 1.165) is 17.8 Å². The fourth-order valence-corrected chi connectivity index (χ4v) is 4.65. The molecular formula is C15H22O3. The maximum atomic E-state index is 11.3. The molecule has 0 unspecified atom stereocenters. The average molecular weight is 250 g/mol. The van der Waals surface area contributed by atoms with Gasteiger partial charge in [0.05, 0.1) is 24.9 Å². The monoisotopic (exact) mass is 250 g/mol. The molecule has 3 nitrogen and oxygen atoms in total. The second-order valence-electron chi connectivity index (χ2n) is 6.48. The number of hydrogen-bond acceptors (Lipinski definition) is 3. The molecule has 18 heavy (non-hydrogen) atoms. The minimum atomic E-state index is -0.347. The first-order valence-corrected chi connectivity index (χ1v) is 7.00. The molecule has 0 radical (unpaired) electrons. The summed E-state index contributed by atoms with van der Waals surface area (Å²) < 4.78 is 10.8. The summed E-state index contributed by atoms with van der Waals surface area (Å²) in [5, 5.41) is 0. The van der Waals surface area contributed by atoms with Crippen LogP contribution in [-0.4, -0.2) is 25.3 Å². The van der Waals surface area contributed by atoms with E-state index in [-0.39, 0.29) is 11.6 Å². The molecule has 4 aliphatic carbocycles. The van der Waals surface area contributed by atoms with Gasteiger partial charge in [0.1, 0.15) is 0 Å². The van der Waals surface area contributed by atoms with Gasteiger partial charge in [-0.1, -0.05) is 6.58 Å². The van der Waals surface area contributed by atoms with Crippen LogP contribution >= 0.6 is 0 Å². The van der Waals surface area contributed by atoms with Crippen molar-refractivity contribution in [3.8, 4) is 0 Å². The molecule has 0 aromatic rings. The Balaban J connectivity index is 1.62. The first-order valence-electron chi connectivity index (χ1n) is 7.00. The van der Waals surface area contributed by atoms with Crippen molar-refractivity contribution in [1.29, 1.82) is 0 Å². The lowest BCUT2D eigenvalue weighted by molar-refractivity contribution is -0.160. The van der Waals surface area contributed by atoms with Crippen LogP contribution in [0.5, 0.6) is 0 Å². The van der Waals surface area contributed by atoms with Crippen molar-refractivity contribution in [3.63, 3.8) is 0 Å². The van der Waals surface area contributed by atoms with Crippen LogP contribution in [0.4, 0.5) is 0 Å². The molecule has 0 aromatic carbocycles. The van der Waals surface area contributed by atoms with Crippen LogP contribution in [0.2, 0.25) is 0 Å². The third-order valence-electron chi connectivity index (χ3n) is 5.01. The Morgan fingerprint density at radius 3 is 2.11 bits per heavy atom. The maximum Gasteiger partial charge on any atom is 0.335 e. The van der Waals surface area contributed by atoms with E-state index in [1.165, 1.54) is 45.6 Å². The summed E-state index contributed by atoms with van der Waals surface area (Å²) in [6.45, 7) is 4.08. The van der Waals surface area contributed by atoms with Gasteiger partial charge in [0.2, 0.25) is 0 Å². The second-order valence-corrected chi connectivity index (χ2v) is 6.48. The highest BCUT2D eigenvalue weighted by molar-refractivity contribution is 5.87. The molecule has 0 heterocycles. The number of hydrogen-bond donors (Lipinski definition) is 0. The maximum absolute atomic E-state index is 11.3. The van der Waals surface area contributed by atoms with Gasteiger partial charge in [-0.15, -0.1) is 0 Å². The Hall–Kier alpha value is -0.830. The van der Waals surface area contributed by atoms with E-state index in [9.17, 15) is 4.79 Å². The molecule has 100 valence electrons. The molecule has 0 atom stereocenters. The summed E-state index contributed by atoms with van der Waals surface area (Å²) >= 11 is 0. The zero-order valence-corrected chi connectivity index (χ0v) is 11.1. The minimum Gasteiger partial charge on any atom is -0.466 e. The SMILES string of the molecule is C=C(COC12CC3CC(CC(C3)C1)C2)C(=O)OC. The van der Waals surface area contributed by atoms with Crippen molar-refractivity contribution in [2.45, 2.75) is 44.1 Å². The molecule has 0 N–H and O–H groups in total. The molecule has 0 saturated heterocycles. The van der Waals surface area contributed by atoms with Gasteiger partial charge in [-0.2, -0.15) is 0 Å². The predicted octanol–water partition coefficient (Wildman–Crippen LogP) is 2.70. The first-order chi connectivity index (χ1) is 8.60. The van der Waals surface area contributed by atoms with E-state index in [2.05, 4.69) is 11.3 Å². The Labute approximate surface area is 109 Å². The lowest BCUT2D eigenvalue weighted by Crippen LogP contribution is -2.52. The van der Waals surface area contributed by atoms with Crippen LogP contribution in [0, 0.1) is 17.8 Å². The molecule has 4 saturated carbocycles. The smallest absolute Gasteiger partial charge is 0.335 e. The van der Waals surface area contributed by atoms with Crippen LogP contribution in [0.25, 0.3) is 0 Å². The Kier molecular flexibility index (Phi) is 2.97. The van der Waals surface area contributed by atoms with Crippen LogP contribution < -0.4 is 0 Å². The molecule has 0 aromatic heterocycles. The van der Waals surface area contributed by atoms with E-state index < -0.39 is 0 Å². The summed E-state index contributed by atoms with van der Waals surface area (Å²) in [4.78, 5) is 11.3. The van der Waals surface area contributed by atoms with Gasteiger partial charge in [-0.3, -0.25) is 0 Å². The normalized spacial score (nSPS) is 40.8. The fraction of sp³-hybridized carbons (Fsp3) is 0.800. The van der Waals surface area contributed by atoms with Crippen LogP contribution in [-0.2, 0) is 14.3 Å². The van der Waals surface area contributed by atoms with E-state index in [1.807, 2.05) is 0 Å². The molecule has 4 bridgehead atoms. The number of ether oxygens (including phenoxy) is 2. The zero-order valence-electron chi connectivity index (χ0n) is 11.1. The average Bonchev–Trinajstić information content (AvgIpc) is 2.33. The topological polar surface area (TPSA) is 35.5 Å². The Morgan fingerprint density at radius 1 is 1.17 bits per heavy atom. The quantitative estimate of drug-likeness (QED) is 0.568. The molecule has 4 aliphatic rings. The summed E-state index contributed by atoms with van der Waals surface area (Å²) in [5.41, 5.74) is 0.486. The molecule has 4 fully saturated rings. The predicted molar refractivity (Wildman–Crippen MR) is 68.0 cm³/mol. The van der Waals surface area contributed by atoms with E-state index in [1.54, 1.807) is 0 Å². The second kappa shape index (κ2) is 4.37. The lowest BCUT2D eigenvalue weighted by Gasteiger charge is -2.56. The van der Waals surface area contributed by atoms with Gasteiger partial charge in [-0.05, 0) is 56.3 Å². The van der Waals surface area contributed by atoms with Gasteiger partial charge in [0, 0.05) is 0 Å². The molecule has 0 spiro atoms. The summed E-state index contributed by atoms with van der Waals surface area (Å²) in [6, 6.07) is 0. The molecule has 0 amide bonds. The van der Waals surface area contributed by atoms with Crippen molar-refractivity contribution >= 4 is 5.97 Å². The molecule has 0 aliphatic heterocycles. The molecule has 4 rings (SSSR count). The number of carbonyl (C=O) groups excluding carboxylic acids is 1. The summed E-state index contributed by atoms with van der Waals surface area (Å²) in [7, 11) is 1.39. The van der Waals surface area contributed by atoms with Crippen molar-refractivity contribution < 1.29 is 14.3 Å². The van der Waals surface area contributed by atoms with Gasteiger partial charge in [0.25, 0.3) is 0 Å². The number of rotatable bonds is 4. The lowest BCUT2D eigenvalue weighted by atomic mass is 9.54. The van der Waals surface area contributed by atoms with Gasteiger partial charge in [0.15, 0.2) is 0 Å². The van der Waals surface area contributed by atoms with Crippen molar-refractivity contribution in [3.05, 3.63) is 12.2 Å². The van der Waals surface area contributed by atoms with Gasteiger partial charge < -0.3 is 9.47 Å². The summed E-state index contributed by atoms with van der Waals surface area (Å²) in [5.74, 6) is 2.24. The van der Waals surface area contributed by atoms with Crippen molar-refractivity contribution in [2.24, 2.45) is 17.8 Å². The highest BCUT2D eigenvalue weighted by Gasteiger charge is 2.51. The highest BCUT2D eigenvalue weighted by atomic mass is 16.5. The van der Waals surface area contributed by atoms with Crippen LogP contribution in [0.1, 0.15) is 38.5 Å². The van der Waals surface area contributed by atoms with Crippen LogP contribution in [0.15, 0.2) is 12.2 Å². The van der Waals surface area contributed by atoms with Crippen molar-refractivity contribution in [2.75, 3.05) is 13.7 Å². The summed E-state index contributed by atoms with van der Waals surface area (Å²) in [6.07, 6.45) is 7.77. The fourth-order valence-electron chi connectivity index (χ4n) is 4.65.